The van der Waals surface area contributed by atoms with Crippen molar-refractivity contribution in [3.63, 3.8) is 0 Å². The lowest BCUT2D eigenvalue weighted by molar-refractivity contribution is 0.0938. The SMILES string of the molecule is CCCCOc1ccc(C(=O)NC(=S)Nc2cccc(C(=O)NC(C)c3ccccc3)c2)cc1. The van der Waals surface area contributed by atoms with E-state index in [4.69, 9.17) is 17.0 Å². The number of amides is 2. The topological polar surface area (TPSA) is 79.5 Å². The summed E-state index contributed by atoms with van der Waals surface area (Å²) in [5.41, 5.74) is 2.58. The fourth-order valence-corrected chi connectivity index (χ4v) is 3.43. The molecule has 0 aliphatic rings. The fraction of sp³-hybridized carbons (Fsp3) is 0.222. The van der Waals surface area contributed by atoms with Gasteiger partial charge >= 0.3 is 0 Å². The first-order valence-corrected chi connectivity index (χ1v) is 11.7. The third kappa shape index (κ3) is 7.42. The third-order valence-corrected chi connectivity index (χ3v) is 5.34. The molecule has 176 valence electrons. The van der Waals surface area contributed by atoms with Gasteiger partial charge in [0.25, 0.3) is 11.8 Å². The van der Waals surface area contributed by atoms with Crippen LogP contribution in [0.15, 0.2) is 78.9 Å². The summed E-state index contributed by atoms with van der Waals surface area (Å²) in [5.74, 6) is 0.196. The van der Waals surface area contributed by atoms with Gasteiger partial charge in [0, 0.05) is 16.8 Å². The zero-order valence-electron chi connectivity index (χ0n) is 19.3. The molecule has 0 saturated heterocycles. The zero-order valence-corrected chi connectivity index (χ0v) is 20.2. The molecule has 3 aromatic carbocycles. The molecule has 2 amide bonds. The first-order valence-electron chi connectivity index (χ1n) is 11.3. The van der Waals surface area contributed by atoms with Crippen LogP contribution in [0, 0.1) is 0 Å². The quantitative estimate of drug-likeness (QED) is 0.282. The van der Waals surface area contributed by atoms with Crippen molar-refractivity contribution in [3.8, 4) is 5.75 Å². The van der Waals surface area contributed by atoms with Crippen LogP contribution in [0.1, 0.15) is 59.0 Å². The number of benzene rings is 3. The summed E-state index contributed by atoms with van der Waals surface area (Å²) < 4.78 is 5.62. The lowest BCUT2D eigenvalue weighted by Gasteiger charge is -2.15. The van der Waals surface area contributed by atoms with Gasteiger partial charge in [-0.25, -0.2) is 0 Å². The number of nitrogens with one attached hydrogen (secondary N) is 3. The van der Waals surface area contributed by atoms with Crippen LogP contribution in [0.4, 0.5) is 5.69 Å². The van der Waals surface area contributed by atoms with Crippen molar-refractivity contribution in [3.05, 3.63) is 95.6 Å². The number of hydrogen-bond donors (Lipinski definition) is 3. The minimum atomic E-state index is -0.330. The Hall–Kier alpha value is -3.71. The number of unbranched alkanes of at least 4 members (excludes halogenated alkanes) is 1. The predicted octanol–water partition coefficient (Wildman–Crippen LogP) is 5.48. The Morgan fingerprint density at radius 3 is 2.35 bits per heavy atom. The Bertz CT molecular complexity index is 1120. The van der Waals surface area contributed by atoms with Crippen LogP contribution in [0.25, 0.3) is 0 Å². The molecule has 0 fully saturated rings. The summed E-state index contributed by atoms with van der Waals surface area (Å²) in [7, 11) is 0. The molecule has 0 bridgehead atoms. The lowest BCUT2D eigenvalue weighted by atomic mass is 10.1. The number of hydrogen-bond acceptors (Lipinski definition) is 4. The Labute approximate surface area is 205 Å². The number of carbonyl (C=O) groups excluding carboxylic acids is 2. The molecule has 0 heterocycles. The molecular formula is C27H29N3O3S. The van der Waals surface area contributed by atoms with Gasteiger partial charge in [0.2, 0.25) is 0 Å². The summed E-state index contributed by atoms with van der Waals surface area (Å²) in [6.45, 7) is 4.69. The predicted molar refractivity (Wildman–Crippen MR) is 139 cm³/mol. The average molecular weight is 476 g/mol. The monoisotopic (exact) mass is 475 g/mol. The molecule has 1 unspecified atom stereocenters. The summed E-state index contributed by atoms with van der Waals surface area (Å²) in [5, 5.41) is 8.75. The second-order valence-electron chi connectivity index (χ2n) is 7.82. The smallest absolute Gasteiger partial charge is 0.257 e. The summed E-state index contributed by atoms with van der Waals surface area (Å²) in [6.07, 6.45) is 2.04. The molecule has 3 aromatic rings. The number of anilines is 1. The number of ether oxygens (including phenoxy) is 1. The molecule has 3 N–H and O–H groups in total. The van der Waals surface area contributed by atoms with Crippen LogP contribution >= 0.6 is 12.2 Å². The highest BCUT2D eigenvalue weighted by atomic mass is 32.1. The lowest BCUT2D eigenvalue weighted by Crippen LogP contribution is -2.34. The van der Waals surface area contributed by atoms with Gasteiger partial charge in [-0.3, -0.25) is 14.9 Å². The molecule has 3 rings (SSSR count). The van der Waals surface area contributed by atoms with Crippen LogP contribution in [0.2, 0.25) is 0 Å². The molecule has 0 aliphatic heterocycles. The molecule has 0 aromatic heterocycles. The van der Waals surface area contributed by atoms with Crippen LogP contribution in [-0.2, 0) is 0 Å². The Morgan fingerprint density at radius 2 is 1.65 bits per heavy atom. The minimum Gasteiger partial charge on any atom is -0.494 e. The molecule has 6 nitrogen and oxygen atoms in total. The summed E-state index contributed by atoms with van der Waals surface area (Å²) in [4.78, 5) is 25.2. The van der Waals surface area contributed by atoms with Crippen molar-refractivity contribution >= 4 is 34.8 Å². The van der Waals surface area contributed by atoms with E-state index < -0.39 is 0 Å². The number of thiocarbonyl (C=S) groups is 1. The van der Waals surface area contributed by atoms with E-state index in [9.17, 15) is 9.59 Å². The van der Waals surface area contributed by atoms with Gasteiger partial charge in [-0.2, -0.15) is 0 Å². The van der Waals surface area contributed by atoms with Crippen molar-refractivity contribution in [2.24, 2.45) is 0 Å². The van der Waals surface area contributed by atoms with Gasteiger partial charge in [0.15, 0.2) is 5.11 Å². The standard InChI is InChI=1S/C27H29N3O3S/c1-3-4-17-33-24-15-13-21(14-16-24)25(31)30-27(34)29-23-12-8-11-22(18-23)26(32)28-19(2)20-9-6-5-7-10-20/h5-16,18-19H,3-4,17H2,1-2H3,(H,28,32)(H2,29,30,31,34). The van der Waals surface area contributed by atoms with E-state index >= 15 is 0 Å². The maximum atomic E-state index is 12.7. The first-order chi connectivity index (χ1) is 16.5. The van der Waals surface area contributed by atoms with Crippen LogP contribution in [0.3, 0.4) is 0 Å². The van der Waals surface area contributed by atoms with Gasteiger partial charge in [0.05, 0.1) is 12.6 Å². The Morgan fingerprint density at radius 1 is 0.912 bits per heavy atom. The molecule has 0 aliphatic carbocycles. The van der Waals surface area contributed by atoms with E-state index in [1.54, 1.807) is 48.5 Å². The van der Waals surface area contributed by atoms with Crippen LogP contribution in [-0.4, -0.2) is 23.5 Å². The highest BCUT2D eigenvalue weighted by Gasteiger charge is 2.13. The van der Waals surface area contributed by atoms with E-state index in [1.807, 2.05) is 37.3 Å². The first kappa shape index (κ1) is 24.9. The van der Waals surface area contributed by atoms with E-state index in [0.29, 0.717) is 23.4 Å². The van der Waals surface area contributed by atoms with Crippen molar-refractivity contribution in [2.75, 3.05) is 11.9 Å². The van der Waals surface area contributed by atoms with Gasteiger partial charge in [0.1, 0.15) is 5.75 Å². The zero-order chi connectivity index (χ0) is 24.3. The largest absolute Gasteiger partial charge is 0.494 e. The van der Waals surface area contributed by atoms with E-state index in [2.05, 4.69) is 22.9 Å². The fourth-order valence-electron chi connectivity index (χ4n) is 3.22. The van der Waals surface area contributed by atoms with Crippen LogP contribution in [0.5, 0.6) is 5.75 Å². The Kier molecular flexibility index (Phi) is 9.17. The molecule has 0 radical (unpaired) electrons. The molecule has 1 atom stereocenters. The maximum absolute atomic E-state index is 12.7. The highest BCUT2D eigenvalue weighted by molar-refractivity contribution is 7.80. The minimum absolute atomic E-state index is 0.130. The van der Waals surface area contributed by atoms with Crippen molar-refractivity contribution in [1.29, 1.82) is 0 Å². The van der Waals surface area contributed by atoms with Gasteiger partial charge in [-0.1, -0.05) is 49.7 Å². The average Bonchev–Trinajstić information content (AvgIpc) is 2.85. The molecule has 0 saturated carbocycles. The van der Waals surface area contributed by atoms with E-state index in [-0.39, 0.29) is 23.0 Å². The van der Waals surface area contributed by atoms with Gasteiger partial charge in [-0.15, -0.1) is 0 Å². The number of rotatable bonds is 9. The van der Waals surface area contributed by atoms with Crippen molar-refractivity contribution in [1.82, 2.24) is 10.6 Å². The normalized spacial score (nSPS) is 11.2. The van der Waals surface area contributed by atoms with E-state index in [1.165, 1.54) is 0 Å². The van der Waals surface area contributed by atoms with Crippen molar-refractivity contribution in [2.45, 2.75) is 32.7 Å². The van der Waals surface area contributed by atoms with Gasteiger partial charge in [-0.05, 0) is 73.6 Å². The Balaban J connectivity index is 1.54. The summed E-state index contributed by atoms with van der Waals surface area (Å²) in [6, 6.07) is 23.5. The second-order valence-corrected chi connectivity index (χ2v) is 8.23. The second kappa shape index (κ2) is 12.5. The highest BCUT2D eigenvalue weighted by Crippen LogP contribution is 2.16. The summed E-state index contributed by atoms with van der Waals surface area (Å²) >= 11 is 5.28. The van der Waals surface area contributed by atoms with Crippen molar-refractivity contribution < 1.29 is 14.3 Å². The van der Waals surface area contributed by atoms with Crippen LogP contribution < -0.4 is 20.7 Å². The molecule has 0 spiro atoms. The maximum Gasteiger partial charge on any atom is 0.257 e. The number of carbonyl (C=O) groups is 2. The van der Waals surface area contributed by atoms with E-state index in [0.717, 1.165) is 24.2 Å². The van der Waals surface area contributed by atoms with Gasteiger partial charge < -0.3 is 15.4 Å². The molecular weight excluding hydrogens is 446 g/mol. The molecule has 7 heteroatoms. The molecule has 34 heavy (non-hydrogen) atoms. The third-order valence-electron chi connectivity index (χ3n) is 5.14.